The number of pyridine rings is 2. The Labute approximate surface area is 380 Å². The zero-order chi connectivity index (χ0) is 42.2. The van der Waals surface area contributed by atoms with Crippen LogP contribution in [0.1, 0.15) is 102 Å². The first-order chi connectivity index (χ1) is 28.7. The topological polar surface area (TPSA) is 149 Å². The summed E-state index contributed by atoms with van der Waals surface area (Å²) in [4.78, 5) is 41.0. The second-order valence-electron chi connectivity index (χ2n) is 14.1. The Bertz CT molecular complexity index is 2160. The summed E-state index contributed by atoms with van der Waals surface area (Å²) in [6.07, 6.45) is 29.5. The van der Waals surface area contributed by atoms with E-state index in [-0.39, 0.29) is 30.6 Å². The van der Waals surface area contributed by atoms with Crippen LogP contribution in [0.3, 0.4) is 0 Å². The van der Waals surface area contributed by atoms with Gasteiger partial charge in [0.15, 0.2) is 0 Å². The molecule has 316 valence electrons. The van der Waals surface area contributed by atoms with Crippen LogP contribution in [0.25, 0.3) is 34.3 Å². The number of dihydropyridines is 1. The number of carboxylic acid groups (broad SMARTS) is 2. The van der Waals surface area contributed by atoms with Crippen LogP contribution in [-0.2, 0) is 54.8 Å². The number of rotatable bonds is 19. The Hall–Kier alpha value is -4.51. The molecule has 2 N–H and O–H groups in total. The van der Waals surface area contributed by atoms with E-state index >= 15 is 0 Å². The molecule has 0 bridgehead atoms. The molecule has 6 heterocycles. The number of isothiocyanates is 1. The molecule has 13 heteroatoms. The number of aromatic nitrogens is 2. The van der Waals surface area contributed by atoms with Crippen LogP contribution in [0.15, 0.2) is 101 Å². The molecule has 6 rings (SSSR count). The summed E-state index contributed by atoms with van der Waals surface area (Å²) >= 11 is 7.60. The van der Waals surface area contributed by atoms with Crippen LogP contribution < -0.4 is 0 Å². The van der Waals surface area contributed by atoms with Gasteiger partial charge in [0.1, 0.15) is 0 Å². The molecule has 0 radical (unpaired) electrons. The second-order valence-corrected chi connectivity index (χ2v) is 16.7. The van der Waals surface area contributed by atoms with E-state index in [1.165, 1.54) is 119 Å². The number of aryl methyl sites for hydroxylation is 4. The van der Waals surface area contributed by atoms with Crippen LogP contribution in [0.2, 0.25) is 0 Å². The van der Waals surface area contributed by atoms with E-state index in [9.17, 15) is 9.59 Å². The number of thiophene rings is 2. The fourth-order valence-electron chi connectivity index (χ4n) is 6.41. The molecule has 1 atom stereocenters. The number of aliphatic imine (C=N–C) groups is 1. The molecule has 0 amide bonds. The summed E-state index contributed by atoms with van der Waals surface area (Å²) in [5.41, 5.74) is 5.25. The van der Waals surface area contributed by atoms with Crippen LogP contribution in [0, 0.1) is 0 Å². The minimum Gasteiger partial charge on any atom is -0.753 e. The molecule has 4 aromatic rings. The van der Waals surface area contributed by atoms with Gasteiger partial charge < -0.3 is 20.9 Å². The molecule has 0 aromatic carbocycles. The molecule has 0 fully saturated rings. The van der Waals surface area contributed by atoms with Gasteiger partial charge in [-0.05, 0) is 117 Å². The minimum atomic E-state index is -1.04. The fourth-order valence-corrected chi connectivity index (χ4v) is 8.42. The van der Waals surface area contributed by atoms with E-state index < -0.39 is 18.0 Å². The molecule has 0 saturated carbocycles. The van der Waals surface area contributed by atoms with Crippen molar-refractivity contribution in [1.29, 1.82) is 0 Å². The maximum Gasteiger partial charge on any atom is 2.00 e. The molecule has 0 aliphatic carbocycles. The maximum absolute atomic E-state index is 10.9. The molecule has 9 nitrogen and oxygen atoms in total. The number of nitrogens with zero attached hydrogens (tertiary/aromatic N) is 5. The number of thiocarbonyl (C=S) groups is 1. The van der Waals surface area contributed by atoms with Crippen molar-refractivity contribution in [3.63, 3.8) is 0 Å². The van der Waals surface area contributed by atoms with Crippen LogP contribution in [-0.4, -0.2) is 55.6 Å². The summed E-state index contributed by atoms with van der Waals surface area (Å²) in [6.45, 7) is 4.93. The van der Waals surface area contributed by atoms with Gasteiger partial charge in [0, 0.05) is 49.7 Å². The minimum absolute atomic E-state index is 0. The van der Waals surface area contributed by atoms with Gasteiger partial charge in [-0.25, -0.2) is 9.59 Å². The van der Waals surface area contributed by atoms with Crippen molar-refractivity contribution in [1.82, 2.24) is 9.97 Å². The first-order valence-corrected chi connectivity index (χ1v) is 22.3. The zero-order valence-electron chi connectivity index (χ0n) is 34.2. The van der Waals surface area contributed by atoms with Crippen LogP contribution in [0.4, 0.5) is 0 Å². The third kappa shape index (κ3) is 17.6. The van der Waals surface area contributed by atoms with E-state index in [0.29, 0.717) is 18.7 Å². The second kappa shape index (κ2) is 28.1. The largest absolute Gasteiger partial charge is 2.00 e. The van der Waals surface area contributed by atoms with E-state index in [2.05, 4.69) is 107 Å². The number of carbonyl (C=O) groups is 2. The van der Waals surface area contributed by atoms with Gasteiger partial charge in [-0.1, -0.05) is 88.9 Å². The van der Waals surface area contributed by atoms with Crippen molar-refractivity contribution in [2.45, 2.75) is 103 Å². The van der Waals surface area contributed by atoms with Crippen molar-refractivity contribution < 1.29 is 39.3 Å². The van der Waals surface area contributed by atoms with Crippen molar-refractivity contribution in [2.75, 3.05) is 6.54 Å². The molecular weight excluding hydrogens is 896 g/mol. The zero-order valence-corrected chi connectivity index (χ0v) is 38.4. The average molecular weight is 949 g/mol. The van der Waals surface area contributed by atoms with E-state index in [0.717, 1.165) is 29.8 Å². The Morgan fingerprint density at radius 3 is 2.13 bits per heavy atom. The summed E-state index contributed by atoms with van der Waals surface area (Å²) in [6, 6.07) is 17.2. The smallest absolute Gasteiger partial charge is 0.753 e. The van der Waals surface area contributed by atoms with Gasteiger partial charge in [-0.3, -0.25) is 15.0 Å². The van der Waals surface area contributed by atoms with Gasteiger partial charge >= 0.3 is 31.4 Å². The Kier molecular flexibility index (Phi) is 23.3. The molecule has 60 heavy (non-hydrogen) atoms. The monoisotopic (exact) mass is 949 g/mol. The van der Waals surface area contributed by atoms with E-state index in [1.54, 1.807) is 0 Å². The number of aliphatic carboxylic acids is 2. The van der Waals surface area contributed by atoms with E-state index in [1.807, 2.05) is 35.1 Å². The van der Waals surface area contributed by atoms with Gasteiger partial charge in [0.25, 0.3) is 0 Å². The van der Waals surface area contributed by atoms with Gasteiger partial charge in [-0.15, -0.1) is 22.7 Å². The third-order valence-corrected chi connectivity index (χ3v) is 11.9. The van der Waals surface area contributed by atoms with Crippen molar-refractivity contribution >= 4 is 69.9 Å². The Morgan fingerprint density at radius 2 is 1.47 bits per heavy atom. The molecule has 1 unspecified atom stereocenters. The Balaban J connectivity index is 0.000000364. The molecule has 0 saturated heterocycles. The summed E-state index contributed by atoms with van der Waals surface area (Å²) in [5.74, 6) is -2.01. The summed E-state index contributed by atoms with van der Waals surface area (Å²) in [7, 11) is 0. The predicted octanol–water partition coefficient (Wildman–Crippen LogP) is 12.2. The van der Waals surface area contributed by atoms with Crippen LogP contribution >= 0.6 is 34.9 Å². The Morgan fingerprint density at radius 1 is 0.833 bits per heavy atom. The van der Waals surface area contributed by atoms with Crippen molar-refractivity contribution in [3.8, 4) is 11.4 Å². The summed E-state index contributed by atoms with van der Waals surface area (Å²) in [5, 5.41) is 30.4. The molecular formula is C47H53N5O4RuS3. The van der Waals surface area contributed by atoms with Gasteiger partial charge in [-0.2, -0.15) is 11.4 Å². The molecule has 4 aromatic heterocycles. The van der Waals surface area contributed by atoms with Gasteiger partial charge in [0.2, 0.25) is 0 Å². The third-order valence-electron chi connectivity index (χ3n) is 9.58. The van der Waals surface area contributed by atoms with Gasteiger partial charge in [0.05, 0.1) is 17.0 Å². The van der Waals surface area contributed by atoms with E-state index in [4.69, 9.17) is 15.6 Å². The summed E-state index contributed by atoms with van der Waals surface area (Å²) < 4.78 is 0. The average Bonchev–Trinajstić information content (AvgIpc) is 3.93. The first kappa shape index (κ1) is 49.9. The molecule has 2 aliphatic rings. The molecule has 2 aliphatic heterocycles. The SMILES string of the molecule is CCCCCCc1ccc(/C=C/c2ccnc(-c3cc(CCc4ccc(CCCCCC)s4)ccn3)c2)s1.O=C(O)C1=CC(C2=NCCC(C(=O)O)=C2)[N-]C=C1.[N-]=C=S.[Ru+2]. The maximum atomic E-state index is 10.9. The fraction of sp³-hybridized carbons (Fsp3) is 0.362. The number of hydrogen-bond donors (Lipinski definition) is 2. The number of hydrogen-bond acceptors (Lipinski definition) is 8. The van der Waals surface area contributed by atoms with Crippen LogP contribution in [0.5, 0.6) is 0 Å². The quantitative estimate of drug-likeness (QED) is 0.0411. The molecule has 0 spiro atoms. The number of carboxylic acids is 2. The van der Waals surface area contributed by atoms with Crippen molar-refractivity contribution in [3.05, 3.63) is 138 Å². The standard InChI is InChI=1S/C34H42N2S2.C12H11N2O4.CNS.Ru/c1-3-5-7-9-11-29-17-19-31(37-29)15-13-27-21-23-35-33(25-27)34-26-28(22-24-36-34)14-16-32-20-18-30(38-32)12-10-8-6-4-2;15-11(16)7-1-3-13-9(5-7)10-6-8(12(17)18)2-4-14-10;2-1-3;/h13,15,17-26H,3-12,14,16H2,1-2H3;1,3,5-6,9H,2,4H2,(H,15,16)(H,17,18);;/q;2*-1;+2/b15-13+;;;. The predicted molar refractivity (Wildman–Crippen MR) is 249 cm³/mol. The van der Waals surface area contributed by atoms with Crippen molar-refractivity contribution in [2.24, 2.45) is 4.99 Å². The normalized spacial score (nSPS) is 14.2. The first-order valence-electron chi connectivity index (χ1n) is 20.3. The number of unbranched alkanes of at least 4 members (excludes halogenated alkanes) is 6.